The summed E-state index contributed by atoms with van der Waals surface area (Å²) in [6.45, 7) is 3.41. The van der Waals surface area contributed by atoms with E-state index in [0.29, 0.717) is 34.8 Å². The second-order valence-corrected chi connectivity index (χ2v) is 9.25. The number of benzene rings is 2. The first-order valence-electron chi connectivity index (χ1n) is 11.1. The first kappa shape index (κ1) is 20.1. The molecule has 6 rings (SSSR count). The summed E-state index contributed by atoms with van der Waals surface area (Å²) in [4.78, 5) is 19.7. The highest BCUT2D eigenvalue weighted by Crippen LogP contribution is 2.28. The molecule has 0 saturated carbocycles. The molecule has 0 atom stereocenters. The summed E-state index contributed by atoms with van der Waals surface area (Å²) < 4.78 is 13.1. The number of nitrogens with zero attached hydrogens (tertiary/aromatic N) is 2. The summed E-state index contributed by atoms with van der Waals surface area (Å²) in [5.41, 5.74) is 3.94. The average Bonchev–Trinajstić information content (AvgIpc) is 3.32. The molecule has 164 valence electrons. The zero-order valence-corrected chi connectivity index (χ0v) is 18.8. The van der Waals surface area contributed by atoms with Gasteiger partial charge in [0.15, 0.2) is 11.2 Å². The molecule has 1 aliphatic rings. The van der Waals surface area contributed by atoms with Gasteiger partial charge in [0.2, 0.25) is 0 Å². The Balaban J connectivity index is 1.17. The number of hydrogen-bond acceptors (Lipinski definition) is 6. The molecule has 0 N–H and O–H groups in total. The quantitative estimate of drug-likeness (QED) is 0.351. The fraction of sp³-hybridized carbons (Fsp3) is 0.185. The normalized spacial score (nSPS) is 13.9. The standard InChI is InChI=1S/C27H22N2O3S/c30-24-15-26(23-14-27-19(16-28-23)8-12-33-27)32-25-6-5-21(13-22(24)25)31-11-10-29-9-7-18-3-1-2-4-20(18)17-29/h1-6,8,12-16H,7,9-11,17H2. The van der Waals surface area contributed by atoms with Crippen LogP contribution in [0.5, 0.6) is 5.75 Å². The van der Waals surface area contributed by atoms with Crippen LogP contribution in [0.2, 0.25) is 0 Å². The van der Waals surface area contributed by atoms with Crippen molar-refractivity contribution in [2.45, 2.75) is 13.0 Å². The molecule has 0 saturated heterocycles. The van der Waals surface area contributed by atoms with E-state index in [9.17, 15) is 4.79 Å². The molecule has 33 heavy (non-hydrogen) atoms. The van der Waals surface area contributed by atoms with Crippen molar-refractivity contribution in [3.63, 3.8) is 0 Å². The van der Waals surface area contributed by atoms with Crippen molar-refractivity contribution in [2.24, 2.45) is 0 Å². The lowest BCUT2D eigenvalue weighted by atomic mass is 10.0. The highest BCUT2D eigenvalue weighted by atomic mass is 32.1. The second-order valence-electron chi connectivity index (χ2n) is 8.30. The molecule has 0 spiro atoms. The number of pyridine rings is 1. The first-order valence-corrected chi connectivity index (χ1v) is 11.9. The monoisotopic (exact) mass is 454 g/mol. The smallest absolute Gasteiger partial charge is 0.193 e. The lowest BCUT2D eigenvalue weighted by Crippen LogP contribution is -2.33. The van der Waals surface area contributed by atoms with Crippen molar-refractivity contribution < 1.29 is 9.15 Å². The molecule has 5 nitrogen and oxygen atoms in total. The minimum absolute atomic E-state index is 0.0996. The Labute approximate surface area is 194 Å². The molecule has 1 aliphatic heterocycles. The largest absolute Gasteiger partial charge is 0.492 e. The van der Waals surface area contributed by atoms with E-state index in [4.69, 9.17) is 9.15 Å². The topological polar surface area (TPSA) is 55.6 Å². The number of hydrogen-bond donors (Lipinski definition) is 0. The van der Waals surface area contributed by atoms with Crippen LogP contribution in [-0.2, 0) is 13.0 Å². The van der Waals surface area contributed by atoms with Gasteiger partial charge in [-0.25, -0.2) is 0 Å². The molecular formula is C27H22N2O3S. The van der Waals surface area contributed by atoms with Gasteiger partial charge in [0.1, 0.15) is 23.6 Å². The number of ether oxygens (including phenoxy) is 1. The molecular weight excluding hydrogens is 432 g/mol. The van der Waals surface area contributed by atoms with Crippen LogP contribution < -0.4 is 10.2 Å². The Kier molecular flexibility index (Phi) is 5.17. The van der Waals surface area contributed by atoms with Gasteiger partial charge in [0, 0.05) is 42.0 Å². The van der Waals surface area contributed by atoms with E-state index in [0.717, 1.165) is 36.1 Å². The fourth-order valence-corrected chi connectivity index (χ4v) is 5.18. The first-order chi connectivity index (χ1) is 16.2. The maximum atomic E-state index is 12.8. The van der Waals surface area contributed by atoms with E-state index in [2.05, 4.69) is 34.1 Å². The van der Waals surface area contributed by atoms with Gasteiger partial charge in [-0.05, 0) is 53.3 Å². The summed E-state index contributed by atoms with van der Waals surface area (Å²) >= 11 is 1.64. The maximum Gasteiger partial charge on any atom is 0.193 e. The second kappa shape index (κ2) is 8.46. The third-order valence-corrected chi connectivity index (χ3v) is 7.05. The summed E-state index contributed by atoms with van der Waals surface area (Å²) in [5, 5.41) is 3.63. The van der Waals surface area contributed by atoms with Crippen LogP contribution in [0.4, 0.5) is 0 Å². The van der Waals surface area contributed by atoms with E-state index in [-0.39, 0.29) is 5.43 Å². The number of rotatable bonds is 5. The molecule has 0 bridgehead atoms. The van der Waals surface area contributed by atoms with Crippen LogP contribution in [-0.4, -0.2) is 29.6 Å². The minimum atomic E-state index is -0.0996. The summed E-state index contributed by atoms with van der Waals surface area (Å²) in [6.07, 6.45) is 2.88. The van der Waals surface area contributed by atoms with E-state index in [1.54, 1.807) is 23.5 Å². The van der Waals surface area contributed by atoms with Crippen LogP contribution in [0.3, 0.4) is 0 Å². The fourth-order valence-electron chi connectivity index (χ4n) is 4.38. The Morgan fingerprint density at radius 1 is 1.06 bits per heavy atom. The van der Waals surface area contributed by atoms with Gasteiger partial charge in [0.25, 0.3) is 0 Å². The molecule has 0 aliphatic carbocycles. The van der Waals surface area contributed by atoms with E-state index in [1.807, 2.05) is 29.8 Å². The van der Waals surface area contributed by atoms with Crippen LogP contribution in [0, 0.1) is 0 Å². The van der Waals surface area contributed by atoms with Crippen molar-refractivity contribution in [3.8, 4) is 17.2 Å². The zero-order valence-electron chi connectivity index (χ0n) is 18.0. The number of fused-ring (bicyclic) bond motifs is 3. The molecule has 0 fully saturated rings. The maximum absolute atomic E-state index is 12.8. The van der Waals surface area contributed by atoms with E-state index in [1.165, 1.54) is 17.2 Å². The predicted octanol–water partition coefficient (Wildman–Crippen LogP) is 5.51. The lowest BCUT2D eigenvalue weighted by Gasteiger charge is -2.28. The van der Waals surface area contributed by atoms with Crippen molar-refractivity contribution in [1.82, 2.24) is 9.88 Å². The average molecular weight is 455 g/mol. The molecule has 5 aromatic rings. The highest BCUT2D eigenvalue weighted by molar-refractivity contribution is 7.17. The molecule has 0 unspecified atom stereocenters. The summed E-state index contributed by atoms with van der Waals surface area (Å²) in [5.74, 6) is 1.15. The van der Waals surface area contributed by atoms with Crippen LogP contribution in [0.1, 0.15) is 11.1 Å². The minimum Gasteiger partial charge on any atom is -0.492 e. The molecule has 0 radical (unpaired) electrons. The zero-order chi connectivity index (χ0) is 22.2. The predicted molar refractivity (Wildman–Crippen MR) is 132 cm³/mol. The van der Waals surface area contributed by atoms with Gasteiger partial charge < -0.3 is 9.15 Å². The van der Waals surface area contributed by atoms with E-state index < -0.39 is 0 Å². The molecule has 6 heteroatoms. The molecule has 3 aromatic heterocycles. The van der Waals surface area contributed by atoms with Gasteiger partial charge in [-0.2, -0.15) is 0 Å². The third kappa shape index (κ3) is 4.03. The summed E-state index contributed by atoms with van der Waals surface area (Å²) in [7, 11) is 0. The van der Waals surface area contributed by atoms with Gasteiger partial charge in [-0.3, -0.25) is 14.7 Å². The summed E-state index contributed by atoms with van der Waals surface area (Å²) in [6, 6.07) is 19.5. The molecule has 0 amide bonds. The van der Waals surface area contributed by atoms with Crippen molar-refractivity contribution >= 4 is 32.4 Å². The van der Waals surface area contributed by atoms with Crippen LogP contribution in [0.15, 0.2) is 81.5 Å². The van der Waals surface area contributed by atoms with Gasteiger partial charge in [-0.1, -0.05) is 24.3 Å². The Morgan fingerprint density at radius 3 is 2.91 bits per heavy atom. The van der Waals surface area contributed by atoms with Gasteiger partial charge in [0.05, 0.1) is 5.39 Å². The molecule has 2 aromatic carbocycles. The van der Waals surface area contributed by atoms with Crippen molar-refractivity contribution in [1.29, 1.82) is 0 Å². The molecule has 4 heterocycles. The Bertz CT molecular complexity index is 1520. The SMILES string of the molecule is O=c1cc(-c2cc3sccc3cn2)oc2ccc(OCCN3CCc4ccccc4C3)cc12. The van der Waals surface area contributed by atoms with Crippen molar-refractivity contribution in [3.05, 3.63) is 93.6 Å². The lowest BCUT2D eigenvalue weighted by molar-refractivity contribution is 0.196. The number of thiophene rings is 1. The van der Waals surface area contributed by atoms with E-state index >= 15 is 0 Å². The van der Waals surface area contributed by atoms with Gasteiger partial charge in [-0.15, -0.1) is 11.3 Å². The Morgan fingerprint density at radius 2 is 1.97 bits per heavy atom. The van der Waals surface area contributed by atoms with Crippen molar-refractivity contribution in [2.75, 3.05) is 19.7 Å². The number of aromatic nitrogens is 1. The van der Waals surface area contributed by atoms with Crippen LogP contribution in [0.25, 0.3) is 32.5 Å². The highest BCUT2D eigenvalue weighted by Gasteiger charge is 2.15. The third-order valence-electron chi connectivity index (χ3n) is 6.17. The Hall–Kier alpha value is -3.48. The van der Waals surface area contributed by atoms with Gasteiger partial charge >= 0.3 is 0 Å². The van der Waals surface area contributed by atoms with Crippen LogP contribution >= 0.6 is 11.3 Å².